The maximum atomic E-state index is 6.04. The number of para-hydroxylation sites is 4. The van der Waals surface area contributed by atoms with Gasteiger partial charge in [-0.15, -0.1) is 0 Å². The zero-order valence-corrected chi connectivity index (χ0v) is 19.4. The molecule has 2 aromatic carbocycles. The highest BCUT2D eigenvalue weighted by Crippen LogP contribution is 2.33. The molecule has 5 rings (SSSR count). The molecule has 2 aliphatic rings. The minimum atomic E-state index is -0.0533. The Bertz CT molecular complexity index is 995. The molecule has 3 heterocycles. The number of piperidine rings is 1. The number of likely N-dealkylation sites (tertiary alicyclic amines) is 1. The van der Waals surface area contributed by atoms with Gasteiger partial charge in [-0.3, -0.25) is 0 Å². The van der Waals surface area contributed by atoms with E-state index in [9.17, 15) is 0 Å². The lowest BCUT2D eigenvalue weighted by atomic mass is 9.96. The number of rotatable bonds is 9. The number of ether oxygens (including phenoxy) is 3. The van der Waals surface area contributed by atoms with E-state index in [0.29, 0.717) is 12.5 Å². The van der Waals surface area contributed by atoms with Crippen LogP contribution in [0.15, 0.2) is 52.9 Å². The lowest BCUT2D eigenvalue weighted by molar-refractivity contribution is -0.0276. The molecule has 0 spiro atoms. The van der Waals surface area contributed by atoms with Crippen LogP contribution in [0.5, 0.6) is 11.5 Å². The molecule has 3 aromatic rings. The van der Waals surface area contributed by atoms with Gasteiger partial charge >= 0.3 is 0 Å². The fourth-order valence-electron chi connectivity index (χ4n) is 4.73. The highest BCUT2D eigenvalue weighted by molar-refractivity contribution is 5.72. The Morgan fingerprint density at radius 3 is 2.52 bits per heavy atom. The van der Waals surface area contributed by atoms with Crippen molar-refractivity contribution in [3.05, 3.63) is 54.4 Å². The van der Waals surface area contributed by atoms with Crippen molar-refractivity contribution in [1.82, 2.24) is 9.88 Å². The lowest BCUT2D eigenvalue weighted by Gasteiger charge is -2.31. The van der Waals surface area contributed by atoms with E-state index >= 15 is 0 Å². The fraction of sp³-hybridized carbons (Fsp3) is 0.519. The number of nitrogens with zero attached hydrogens (tertiary/aromatic N) is 2. The van der Waals surface area contributed by atoms with Gasteiger partial charge in [0.1, 0.15) is 11.6 Å². The van der Waals surface area contributed by atoms with Crippen LogP contribution in [0, 0.1) is 0 Å². The van der Waals surface area contributed by atoms with E-state index in [1.165, 1.54) is 12.8 Å². The van der Waals surface area contributed by atoms with Crippen molar-refractivity contribution < 1.29 is 18.6 Å². The quantitative estimate of drug-likeness (QED) is 0.406. The van der Waals surface area contributed by atoms with Crippen molar-refractivity contribution in [1.29, 1.82) is 0 Å². The fourth-order valence-corrected chi connectivity index (χ4v) is 4.73. The van der Waals surface area contributed by atoms with E-state index in [1.807, 2.05) is 55.5 Å². The summed E-state index contributed by atoms with van der Waals surface area (Å²) in [5, 5.41) is 0. The number of benzene rings is 2. The molecule has 0 amide bonds. The van der Waals surface area contributed by atoms with Gasteiger partial charge in [-0.25, -0.2) is 4.98 Å². The lowest BCUT2D eigenvalue weighted by Crippen LogP contribution is -2.41. The van der Waals surface area contributed by atoms with Gasteiger partial charge in [0, 0.05) is 12.5 Å². The van der Waals surface area contributed by atoms with E-state index in [0.717, 1.165) is 74.0 Å². The van der Waals surface area contributed by atoms with Crippen molar-refractivity contribution >= 4 is 11.1 Å². The highest BCUT2D eigenvalue weighted by atomic mass is 16.6. The second-order valence-electron chi connectivity index (χ2n) is 9.20. The average molecular weight is 451 g/mol. The molecule has 0 saturated carbocycles. The maximum absolute atomic E-state index is 6.04. The molecule has 0 aliphatic carbocycles. The molecule has 6 nitrogen and oxygen atoms in total. The van der Waals surface area contributed by atoms with Crippen LogP contribution in [0.1, 0.15) is 50.8 Å². The Morgan fingerprint density at radius 2 is 1.70 bits per heavy atom. The van der Waals surface area contributed by atoms with Crippen LogP contribution in [-0.2, 0) is 4.74 Å². The zero-order valence-electron chi connectivity index (χ0n) is 19.4. The highest BCUT2D eigenvalue weighted by Gasteiger charge is 2.28. The van der Waals surface area contributed by atoms with Gasteiger partial charge in [0.05, 0.1) is 6.61 Å². The smallest absolute Gasteiger partial charge is 0.198 e. The molecule has 1 fully saturated rings. The Hall–Kier alpha value is -2.57. The van der Waals surface area contributed by atoms with E-state index in [1.54, 1.807) is 0 Å². The monoisotopic (exact) mass is 450 g/mol. The molecule has 1 saturated heterocycles. The average Bonchev–Trinajstić information content (AvgIpc) is 3.28. The summed E-state index contributed by atoms with van der Waals surface area (Å²) in [6, 6.07) is 15.9. The molecular weight excluding hydrogens is 416 g/mol. The first kappa shape index (κ1) is 22.2. The van der Waals surface area contributed by atoms with Gasteiger partial charge in [0.2, 0.25) is 0 Å². The van der Waals surface area contributed by atoms with E-state index < -0.39 is 0 Å². The third-order valence-electron chi connectivity index (χ3n) is 6.76. The van der Waals surface area contributed by atoms with Gasteiger partial charge < -0.3 is 23.5 Å². The molecule has 0 bridgehead atoms. The van der Waals surface area contributed by atoms with Crippen LogP contribution in [0.4, 0.5) is 0 Å². The Balaban J connectivity index is 0.942. The molecule has 0 N–H and O–H groups in total. The predicted octanol–water partition coefficient (Wildman–Crippen LogP) is 5.42. The van der Waals surface area contributed by atoms with Crippen molar-refractivity contribution in [2.24, 2.45) is 0 Å². The summed E-state index contributed by atoms with van der Waals surface area (Å²) in [6.07, 6.45) is 5.68. The Kier molecular flexibility index (Phi) is 7.12. The summed E-state index contributed by atoms with van der Waals surface area (Å²) < 4.78 is 23.9. The van der Waals surface area contributed by atoms with Crippen LogP contribution in [-0.4, -0.2) is 54.9 Å². The second-order valence-corrected chi connectivity index (χ2v) is 9.20. The molecule has 0 radical (unpaired) electrons. The summed E-state index contributed by atoms with van der Waals surface area (Å²) in [5.74, 6) is 2.99. The molecule has 176 valence electrons. The summed E-state index contributed by atoms with van der Waals surface area (Å²) in [6.45, 7) is 6.79. The van der Waals surface area contributed by atoms with E-state index in [4.69, 9.17) is 23.6 Å². The normalized spacial score (nSPS) is 21.5. The third-order valence-corrected chi connectivity index (χ3v) is 6.76. The summed E-state index contributed by atoms with van der Waals surface area (Å²) >= 11 is 0. The van der Waals surface area contributed by atoms with Crippen LogP contribution in [0.2, 0.25) is 0 Å². The van der Waals surface area contributed by atoms with Gasteiger partial charge in [-0.2, -0.15) is 0 Å². The third kappa shape index (κ3) is 5.50. The summed E-state index contributed by atoms with van der Waals surface area (Å²) in [5.41, 5.74) is 1.87. The summed E-state index contributed by atoms with van der Waals surface area (Å²) in [4.78, 5) is 7.27. The molecular formula is C27H34N2O4. The summed E-state index contributed by atoms with van der Waals surface area (Å²) in [7, 11) is 0. The van der Waals surface area contributed by atoms with Crippen LogP contribution in [0.25, 0.3) is 11.1 Å². The first-order valence-electron chi connectivity index (χ1n) is 12.3. The molecule has 6 heteroatoms. The van der Waals surface area contributed by atoms with Crippen molar-refractivity contribution in [3.63, 3.8) is 0 Å². The largest absolute Gasteiger partial charge is 0.483 e. The molecule has 2 aliphatic heterocycles. The van der Waals surface area contributed by atoms with Crippen LogP contribution >= 0.6 is 0 Å². The maximum Gasteiger partial charge on any atom is 0.198 e. The number of hydrogen-bond acceptors (Lipinski definition) is 6. The van der Waals surface area contributed by atoms with Crippen molar-refractivity contribution in [2.75, 3.05) is 32.8 Å². The number of unbranched alkanes of at least 4 members (excludes halogenated alkanes) is 2. The van der Waals surface area contributed by atoms with Gasteiger partial charge in [0.25, 0.3) is 0 Å². The standard InChI is InChI=1S/C27H34N2O4/c1-20-26(32-25-12-6-5-11-24(25)31-20)19-30-18-8-2-7-15-29-16-13-21(14-17-29)27-28-22-9-3-4-10-23(22)33-27/h3-6,9-12,20-21,26H,2,7-8,13-19H2,1H3. The molecule has 33 heavy (non-hydrogen) atoms. The van der Waals surface area contributed by atoms with E-state index in [2.05, 4.69) is 4.90 Å². The number of hydrogen-bond donors (Lipinski definition) is 0. The SMILES string of the molecule is CC1Oc2ccccc2OC1COCCCCCN1CCC(c2nc3ccccc3o2)CC1. The Morgan fingerprint density at radius 1 is 0.939 bits per heavy atom. The number of oxazole rings is 1. The predicted molar refractivity (Wildman–Crippen MR) is 128 cm³/mol. The van der Waals surface area contributed by atoms with Crippen molar-refractivity contribution in [3.8, 4) is 11.5 Å². The molecule has 2 unspecified atom stereocenters. The zero-order chi connectivity index (χ0) is 22.5. The Labute approximate surface area is 195 Å². The van der Waals surface area contributed by atoms with Gasteiger partial charge in [-0.05, 0) is 82.9 Å². The molecule has 2 atom stereocenters. The van der Waals surface area contributed by atoms with Gasteiger partial charge in [0.15, 0.2) is 29.1 Å². The van der Waals surface area contributed by atoms with Crippen molar-refractivity contribution in [2.45, 2.75) is 57.2 Å². The molecule has 1 aromatic heterocycles. The second kappa shape index (κ2) is 10.6. The van der Waals surface area contributed by atoms with Crippen LogP contribution < -0.4 is 9.47 Å². The minimum Gasteiger partial charge on any atom is -0.483 e. The minimum absolute atomic E-state index is 0.00223. The van der Waals surface area contributed by atoms with Crippen LogP contribution in [0.3, 0.4) is 0 Å². The van der Waals surface area contributed by atoms with E-state index in [-0.39, 0.29) is 12.2 Å². The van der Waals surface area contributed by atoms with Gasteiger partial charge in [-0.1, -0.05) is 24.3 Å². The number of fused-ring (bicyclic) bond motifs is 2. The number of aromatic nitrogens is 1. The first-order chi connectivity index (χ1) is 16.3. The topological polar surface area (TPSA) is 57.0 Å². The first-order valence-corrected chi connectivity index (χ1v) is 12.3.